The molecule has 19 heavy (non-hydrogen) atoms. The molecule has 1 fully saturated rings. The molecule has 1 aliphatic heterocycles. The van der Waals surface area contributed by atoms with Crippen LogP contribution in [0, 0.1) is 5.82 Å². The van der Waals surface area contributed by atoms with Crippen molar-refractivity contribution in [2.75, 3.05) is 26.3 Å². The summed E-state index contributed by atoms with van der Waals surface area (Å²) in [6.45, 7) is 5.50. The lowest BCUT2D eigenvalue weighted by Crippen LogP contribution is -2.45. The van der Waals surface area contributed by atoms with Gasteiger partial charge in [0.25, 0.3) is 0 Å². The van der Waals surface area contributed by atoms with Crippen molar-refractivity contribution in [2.45, 2.75) is 31.8 Å². The summed E-state index contributed by atoms with van der Waals surface area (Å²) in [6, 6.07) is 7.81. The van der Waals surface area contributed by atoms with E-state index >= 15 is 0 Å². The number of morpholine rings is 1. The van der Waals surface area contributed by atoms with Crippen LogP contribution in [0.2, 0.25) is 0 Å². The number of hydrogen-bond acceptors (Lipinski definition) is 3. The van der Waals surface area contributed by atoms with E-state index in [1.807, 2.05) is 12.1 Å². The van der Waals surface area contributed by atoms with Crippen molar-refractivity contribution < 1.29 is 9.13 Å². The van der Waals surface area contributed by atoms with E-state index in [1.54, 1.807) is 6.07 Å². The zero-order valence-corrected chi connectivity index (χ0v) is 11.5. The summed E-state index contributed by atoms with van der Waals surface area (Å²) in [6.07, 6.45) is 1.77. The van der Waals surface area contributed by atoms with Crippen LogP contribution >= 0.6 is 0 Å². The van der Waals surface area contributed by atoms with Gasteiger partial charge in [-0.1, -0.05) is 18.2 Å². The van der Waals surface area contributed by atoms with E-state index < -0.39 is 0 Å². The summed E-state index contributed by atoms with van der Waals surface area (Å²) in [5.74, 6) is -0.112. The van der Waals surface area contributed by atoms with E-state index in [4.69, 9.17) is 4.74 Å². The molecular formula is C15H23FN2O. The number of hydrogen-bond donors (Lipinski definition) is 2. The van der Waals surface area contributed by atoms with Crippen molar-refractivity contribution >= 4 is 0 Å². The number of nitrogens with one attached hydrogen (secondary N) is 2. The summed E-state index contributed by atoms with van der Waals surface area (Å²) >= 11 is 0. The molecule has 3 nitrogen and oxygen atoms in total. The summed E-state index contributed by atoms with van der Waals surface area (Å²) in [7, 11) is 0. The van der Waals surface area contributed by atoms with Gasteiger partial charge in [0, 0.05) is 18.6 Å². The molecule has 0 saturated carbocycles. The molecule has 0 aromatic heterocycles. The second-order valence-corrected chi connectivity index (χ2v) is 5.16. The maximum absolute atomic E-state index is 13.4. The van der Waals surface area contributed by atoms with Crippen LogP contribution in [0.1, 0.15) is 18.9 Å². The maximum Gasteiger partial charge on any atom is 0.126 e. The van der Waals surface area contributed by atoms with Gasteiger partial charge in [-0.3, -0.25) is 0 Å². The molecular weight excluding hydrogens is 243 g/mol. The molecule has 0 radical (unpaired) electrons. The second kappa shape index (κ2) is 7.58. The average Bonchev–Trinajstić information content (AvgIpc) is 2.42. The minimum atomic E-state index is -0.112. The minimum Gasteiger partial charge on any atom is -0.379 e. The number of ether oxygens (including phenoxy) is 1. The van der Waals surface area contributed by atoms with Crippen molar-refractivity contribution in [1.82, 2.24) is 10.6 Å². The van der Waals surface area contributed by atoms with Crippen LogP contribution in [0.4, 0.5) is 4.39 Å². The second-order valence-electron chi connectivity index (χ2n) is 5.16. The van der Waals surface area contributed by atoms with Gasteiger partial charge in [-0.2, -0.15) is 0 Å². The third-order valence-corrected chi connectivity index (χ3v) is 3.48. The smallest absolute Gasteiger partial charge is 0.126 e. The SMILES string of the molecule is CC(CC1COCCN1)NCCc1ccccc1F. The van der Waals surface area contributed by atoms with Crippen LogP contribution in [0.5, 0.6) is 0 Å². The summed E-state index contributed by atoms with van der Waals surface area (Å²) in [5, 5.41) is 6.89. The maximum atomic E-state index is 13.4. The van der Waals surface area contributed by atoms with Crippen LogP contribution in [0.15, 0.2) is 24.3 Å². The van der Waals surface area contributed by atoms with Crippen molar-refractivity contribution in [1.29, 1.82) is 0 Å². The van der Waals surface area contributed by atoms with E-state index in [1.165, 1.54) is 6.07 Å². The fraction of sp³-hybridized carbons (Fsp3) is 0.600. The Balaban J connectivity index is 1.66. The highest BCUT2D eigenvalue weighted by Gasteiger charge is 2.15. The summed E-state index contributed by atoms with van der Waals surface area (Å²) < 4.78 is 18.9. The standard InChI is InChI=1S/C15H23FN2O/c1-12(10-14-11-19-9-8-18-14)17-7-6-13-4-2-3-5-15(13)16/h2-5,12,14,17-18H,6-11H2,1H3. The minimum absolute atomic E-state index is 0.112. The molecule has 1 heterocycles. The molecule has 2 N–H and O–H groups in total. The molecule has 106 valence electrons. The van der Waals surface area contributed by atoms with Gasteiger partial charge in [-0.05, 0) is 37.9 Å². The zero-order valence-electron chi connectivity index (χ0n) is 11.5. The number of rotatable bonds is 6. The lowest BCUT2D eigenvalue weighted by Gasteiger charge is -2.26. The Morgan fingerprint density at radius 2 is 2.32 bits per heavy atom. The first-order valence-corrected chi connectivity index (χ1v) is 7.03. The van der Waals surface area contributed by atoms with Crippen LogP contribution in [-0.2, 0) is 11.2 Å². The number of halogens is 1. The van der Waals surface area contributed by atoms with E-state index in [0.717, 1.165) is 44.7 Å². The monoisotopic (exact) mass is 266 g/mol. The fourth-order valence-electron chi connectivity index (χ4n) is 2.44. The van der Waals surface area contributed by atoms with Gasteiger partial charge in [-0.15, -0.1) is 0 Å². The molecule has 2 unspecified atom stereocenters. The first-order chi connectivity index (χ1) is 9.25. The molecule has 1 aliphatic rings. The Morgan fingerprint density at radius 3 is 3.05 bits per heavy atom. The normalized spacial score (nSPS) is 21.3. The third-order valence-electron chi connectivity index (χ3n) is 3.48. The quantitative estimate of drug-likeness (QED) is 0.822. The molecule has 0 spiro atoms. The predicted molar refractivity (Wildman–Crippen MR) is 74.8 cm³/mol. The van der Waals surface area contributed by atoms with Gasteiger partial charge in [0.05, 0.1) is 13.2 Å². The highest BCUT2D eigenvalue weighted by atomic mass is 19.1. The van der Waals surface area contributed by atoms with Crippen molar-refractivity contribution in [2.24, 2.45) is 0 Å². The van der Waals surface area contributed by atoms with Crippen LogP contribution < -0.4 is 10.6 Å². The zero-order chi connectivity index (χ0) is 13.5. The lowest BCUT2D eigenvalue weighted by atomic mass is 10.1. The molecule has 0 aliphatic carbocycles. The largest absolute Gasteiger partial charge is 0.379 e. The van der Waals surface area contributed by atoms with E-state index in [9.17, 15) is 4.39 Å². The molecule has 4 heteroatoms. The van der Waals surface area contributed by atoms with Crippen molar-refractivity contribution in [3.8, 4) is 0 Å². The predicted octanol–water partition coefficient (Wildman–Crippen LogP) is 1.72. The van der Waals surface area contributed by atoms with E-state index in [0.29, 0.717) is 12.1 Å². The molecule has 0 bridgehead atoms. The fourth-order valence-corrected chi connectivity index (χ4v) is 2.44. The molecule has 1 aromatic carbocycles. The third kappa shape index (κ3) is 4.90. The van der Waals surface area contributed by atoms with Gasteiger partial charge in [-0.25, -0.2) is 4.39 Å². The van der Waals surface area contributed by atoms with Crippen LogP contribution in [0.3, 0.4) is 0 Å². The van der Waals surface area contributed by atoms with Gasteiger partial charge in [0.2, 0.25) is 0 Å². The molecule has 1 saturated heterocycles. The van der Waals surface area contributed by atoms with Crippen LogP contribution in [-0.4, -0.2) is 38.4 Å². The van der Waals surface area contributed by atoms with Gasteiger partial charge in [0.15, 0.2) is 0 Å². The molecule has 2 rings (SSSR count). The van der Waals surface area contributed by atoms with Crippen molar-refractivity contribution in [3.05, 3.63) is 35.6 Å². The Bertz CT molecular complexity index is 380. The first kappa shape index (κ1) is 14.4. The Labute approximate surface area is 114 Å². The van der Waals surface area contributed by atoms with E-state index in [2.05, 4.69) is 17.6 Å². The molecule has 0 amide bonds. The summed E-state index contributed by atoms with van der Waals surface area (Å²) in [5.41, 5.74) is 0.779. The lowest BCUT2D eigenvalue weighted by molar-refractivity contribution is 0.0713. The Morgan fingerprint density at radius 1 is 1.47 bits per heavy atom. The highest BCUT2D eigenvalue weighted by molar-refractivity contribution is 5.17. The van der Waals surface area contributed by atoms with Crippen molar-refractivity contribution in [3.63, 3.8) is 0 Å². The summed E-state index contributed by atoms with van der Waals surface area (Å²) in [4.78, 5) is 0. The highest BCUT2D eigenvalue weighted by Crippen LogP contribution is 2.07. The van der Waals surface area contributed by atoms with Gasteiger partial charge in [0.1, 0.15) is 5.82 Å². The number of benzene rings is 1. The first-order valence-electron chi connectivity index (χ1n) is 7.03. The van der Waals surface area contributed by atoms with E-state index in [-0.39, 0.29) is 5.82 Å². The van der Waals surface area contributed by atoms with Gasteiger partial charge < -0.3 is 15.4 Å². The van der Waals surface area contributed by atoms with Crippen LogP contribution in [0.25, 0.3) is 0 Å². The molecule has 1 aromatic rings. The Hall–Kier alpha value is -0.970. The Kier molecular flexibility index (Phi) is 5.76. The topological polar surface area (TPSA) is 33.3 Å². The molecule has 2 atom stereocenters. The van der Waals surface area contributed by atoms with Gasteiger partial charge >= 0.3 is 0 Å². The average molecular weight is 266 g/mol.